The van der Waals surface area contributed by atoms with Crippen molar-refractivity contribution in [3.63, 3.8) is 0 Å². The number of halogens is 1. The number of carbonyl (C=O) groups excluding carboxylic acids is 1. The maximum absolute atomic E-state index is 12.1. The third-order valence-corrected chi connectivity index (χ3v) is 3.29. The highest BCUT2D eigenvalue weighted by atomic mass is 35.5. The van der Waals surface area contributed by atoms with Gasteiger partial charge in [-0.05, 0) is 36.8 Å². The molecule has 1 atom stereocenters. The molecule has 20 heavy (non-hydrogen) atoms. The lowest BCUT2D eigenvalue weighted by atomic mass is 10.1. The molecule has 0 saturated heterocycles. The summed E-state index contributed by atoms with van der Waals surface area (Å²) in [6.07, 6.45) is 0. The maximum atomic E-state index is 12.1. The zero-order valence-corrected chi connectivity index (χ0v) is 11.6. The summed E-state index contributed by atoms with van der Waals surface area (Å²) < 4.78 is 0. The normalized spacial score (nSPS) is 11.9. The van der Waals surface area contributed by atoms with Gasteiger partial charge in [-0.3, -0.25) is 4.79 Å². The van der Waals surface area contributed by atoms with Gasteiger partial charge < -0.3 is 15.5 Å². The molecule has 2 rings (SSSR count). The van der Waals surface area contributed by atoms with Gasteiger partial charge in [0.25, 0.3) is 5.91 Å². The van der Waals surface area contributed by atoms with Crippen molar-refractivity contribution < 1.29 is 15.0 Å². The summed E-state index contributed by atoms with van der Waals surface area (Å²) in [6.45, 7) is 1.79. The van der Waals surface area contributed by atoms with E-state index in [1.54, 1.807) is 19.1 Å². The average molecular weight is 292 g/mol. The molecule has 0 radical (unpaired) electrons. The Bertz CT molecular complexity index is 643. The fraction of sp³-hybridized carbons (Fsp3) is 0.133. The lowest BCUT2D eigenvalue weighted by Gasteiger charge is -2.16. The van der Waals surface area contributed by atoms with Gasteiger partial charge in [0, 0.05) is 5.02 Å². The van der Waals surface area contributed by atoms with Gasteiger partial charge in [0.05, 0.1) is 11.6 Å². The topological polar surface area (TPSA) is 69.6 Å². The van der Waals surface area contributed by atoms with E-state index >= 15 is 0 Å². The van der Waals surface area contributed by atoms with Crippen LogP contribution in [-0.2, 0) is 0 Å². The predicted octanol–water partition coefficient (Wildman–Crippen LogP) is 3.24. The molecular weight excluding hydrogens is 278 g/mol. The molecule has 0 heterocycles. The molecule has 104 valence electrons. The number of nitrogens with one attached hydrogen (secondary N) is 1. The van der Waals surface area contributed by atoms with Crippen LogP contribution in [0.25, 0.3) is 0 Å². The third-order valence-electron chi connectivity index (χ3n) is 2.94. The second-order valence-corrected chi connectivity index (χ2v) is 4.83. The Morgan fingerprint density at radius 3 is 2.60 bits per heavy atom. The number of hydrogen-bond donors (Lipinski definition) is 3. The minimum absolute atomic E-state index is 0.0175. The molecule has 0 aliphatic rings. The lowest BCUT2D eigenvalue weighted by Crippen LogP contribution is -2.26. The minimum Gasteiger partial charge on any atom is -0.508 e. The molecule has 3 N–H and O–H groups in total. The van der Waals surface area contributed by atoms with Crippen LogP contribution in [-0.4, -0.2) is 16.1 Å². The summed E-state index contributed by atoms with van der Waals surface area (Å²) in [4.78, 5) is 12.1. The van der Waals surface area contributed by atoms with Crippen molar-refractivity contribution in [1.82, 2.24) is 5.32 Å². The Morgan fingerprint density at radius 2 is 1.90 bits per heavy atom. The largest absolute Gasteiger partial charge is 0.508 e. The first-order valence-corrected chi connectivity index (χ1v) is 6.44. The molecule has 2 aromatic rings. The summed E-state index contributed by atoms with van der Waals surface area (Å²) in [5.41, 5.74) is 0.797. The zero-order chi connectivity index (χ0) is 14.7. The number of amides is 1. The molecule has 2 aromatic carbocycles. The first-order chi connectivity index (χ1) is 9.49. The lowest BCUT2D eigenvalue weighted by molar-refractivity contribution is 0.0937. The van der Waals surface area contributed by atoms with Gasteiger partial charge in [-0.15, -0.1) is 0 Å². The van der Waals surface area contributed by atoms with Gasteiger partial charge in [-0.2, -0.15) is 0 Å². The monoisotopic (exact) mass is 291 g/mol. The van der Waals surface area contributed by atoms with E-state index < -0.39 is 5.91 Å². The SMILES string of the molecule is CC(NC(=O)c1cc(O)ccc1O)c1ccccc1Cl. The van der Waals surface area contributed by atoms with E-state index in [9.17, 15) is 15.0 Å². The highest BCUT2D eigenvalue weighted by molar-refractivity contribution is 6.31. The van der Waals surface area contributed by atoms with Crippen LogP contribution in [0.4, 0.5) is 0 Å². The third kappa shape index (κ3) is 3.03. The van der Waals surface area contributed by atoms with E-state index in [0.717, 1.165) is 5.56 Å². The van der Waals surface area contributed by atoms with E-state index in [-0.39, 0.29) is 23.1 Å². The van der Waals surface area contributed by atoms with Gasteiger partial charge in [-0.1, -0.05) is 29.8 Å². The van der Waals surface area contributed by atoms with E-state index in [4.69, 9.17) is 11.6 Å². The van der Waals surface area contributed by atoms with Crippen LogP contribution in [0.1, 0.15) is 28.9 Å². The minimum atomic E-state index is -0.481. The Balaban J connectivity index is 2.20. The molecular formula is C15H14ClNO3. The zero-order valence-electron chi connectivity index (χ0n) is 10.8. The van der Waals surface area contributed by atoms with Crippen LogP contribution in [0.5, 0.6) is 11.5 Å². The van der Waals surface area contributed by atoms with Crippen molar-refractivity contribution in [2.24, 2.45) is 0 Å². The molecule has 0 bridgehead atoms. The quantitative estimate of drug-likeness (QED) is 0.760. The number of aromatic hydroxyl groups is 2. The van der Waals surface area contributed by atoms with E-state index in [1.165, 1.54) is 18.2 Å². The summed E-state index contributed by atoms with van der Waals surface area (Å²) in [7, 11) is 0. The van der Waals surface area contributed by atoms with Crippen molar-refractivity contribution in [2.75, 3.05) is 0 Å². The number of rotatable bonds is 3. The van der Waals surface area contributed by atoms with Gasteiger partial charge in [0.1, 0.15) is 11.5 Å². The highest BCUT2D eigenvalue weighted by Gasteiger charge is 2.16. The van der Waals surface area contributed by atoms with Crippen LogP contribution in [0.2, 0.25) is 5.02 Å². The second kappa shape index (κ2) is 5.84. The van der Waals surface area contributed by atoms with Gasteiger partial charge in [0.15, 0.2) is 0 Å². The smallest absolute Gasteiger partial charge is 0.255 e. The molecule has 0 aromatic heterocycles. The van der Waals surface area contributed by atoms with Crippen molar-refractivity contribution in [3.8, 4) is 11.5 Å². The second-order valence-electron chi connectivity index (χ2n) is 4.42. The predicted molar refractivity (Wildman–Crippen MR) is 77.1 cm³/mol. The van der Waals surface area contributed by atoms with Crippen molar-refractivity contribution in [3.05, 3.63) is 58.6 Å². The highest BCUT2D eigenvalue weighted by Crippen LogP contribution is 2.25. The van der Waals surface area contributed by atoms with Gasteiger partial charge in [-0.25, -0.2) is 0 Å². The molecule has 5 heteroatoms. The van der Waals surface area contributed by atoms with Crippen molar-refractivity contribution in [1.29, 1.82) is 0 Å². The summed E-state index contributed by atoms with van der Waals surface area (Å²) in [5.74, 6) is -0.754. The molecule has 4 nitrogen and oxygen atoms in total. The Labute approximate surface area is 121 Å². The number of phenolic OH excluding ortho intramolecular Hbond substituents is 2. The average Bonchev–Trinajstić information content (AvgIpc) is 2.41. The fourth-order valence-electron chi connectivity index (χ4n) is 1.88. The fourth-order valence-corrected chi connectivity index (χ4v) is 2.18. The molecule has 0 aliphatic carbocycles. The molecule has 0 aliphatic heterocycles. The van der Waals surface area contributed by atoms with E-state index in [2.05, 4.69) is 5.32 Å². The molecule has 0 saturated carbocycles. The number of benzene rings is 2. The standard InChI is InChI=1S/C15H14ClNO3/c1-9(11-4-2-3-5-13(11)16)17-15(20)12-8-10(18)6-7-14(12)19/h2-9,18-19H,1H3,(H,17,20). The Kier molecular flexibility index (Phi) is 4.15. The first-order valence-electron chi connectivity index (χ1n) is 6.06. The van der Waals surface area contributed by atoms with Crippen LogP contribution < -0.4 is 5.32 Å². The summed E-state index contributed by atoms with van der Waals surface area (Å²) in [6, 6.07) is 10.7. The Hall–Kier alpha value is -2.20. The van der Waals surface area contributed by atoms with Gasteiger partial charge in [0.2, 0.25) is 0 Å². The van der Waals surface area contributed by atoms with Gasteiger partial charge >= 0.3 is 0 Å². The van der Waals surface area contributed by atoms with E-state index in [0.29, 0.717) is 5.02 Å². The van der Waals surface area contributed by atoms with Crippen LogP contribution in [0.15, 0.2) is 42.5 Å². The number of carbonyl (C=O) groups is 1. The van der Waals surface area contributed by atoms with Crippen LogP contribution in [0, 0.1) is 0 Å². The van der Waals surface area contributed by atoms with Crippen LogP contribution in [0.3, 0.4) is 0 Å². The summed E-state index contributed by atoms with van der Waals surface area (Å²) in [5, 5.41) is 22.3. The first kappa shape index (κ1) is 14.2. The maximum Gasteiger partial charge on any atom is 0.255 e. The van der Waals surface area contributed by atoms with Crippen molar-refractivity contribution in [2.45, 2.75) is 13.0 Å². The van der Waals surface area contributed by atoms with Crippen LogP contribution >= 0.6 is 11.6 Å². The van der Waals surface area contributed by atoms with Crippen molar-refractivity contribution >= 4 is 17.5 Å². The number of phenols is 2. The molecule has 1 unspecified atom stereocenters. The summed E-state index contributed by atoms with van der Waals surface area (Å²) >= 11 is 6.06. The Morgan fingerprint density at radius 1 is 1.20 bits per heavy atom. The molecule has 0 fully saturated rings. The number of hydrogen-bond acceptors (Lipinski definition) is 3. The molecule has 0 spiro atoms. The van der Waals surface area contributed by atoms with E-state index in [1.807, 2.05) is 12.1 Å². The molecule has 1 amide bonds.